The summed E-state index contributed by atoms with van der Waals surface area (Å²) >= 11 is 0. The highest BCUT2D eigenvalue weighted by atomic mass is 16.5. The lowest BCUT2D eigenvalue weighted by atomic mass is 10.2. The number of nitrogens with zero attached hydrogens (tertiary/aromatic N) is 4. The Kier molecular flexibility index (Phi) is 3.29. The summed E-state index contributed by atoms with van der Waals surface area (Å²) in [6, 6.07) is 8.42. The minimum atomic E-state index is 0.281. The van der Waals surface area contributed by atoms with Crippen LogP contribution in [0, 0.1) is 0 Å². The van der Waals surface area contributed by atoms with Crippen LogP contribution in [0.4, 0.5) is 5.82 Å². The van der Waals surface area contributed by atoms with E-state index >= 15 is 0 Å². The molecule has 1 fully saturated rings. The van der Waals surface area contributed by atoms with E-state index in [2.05, 4.69) is 42.0 Å². The Bertz CT molecular complexity index is 1020. The molecule has 1 aliphatic heterocycles. The van der Waals surface area contributed by atoms with Crippen LogP contribution in [0.5, 0.6) is 5.75 Å². The number of H-pyrrole nitrogens is 2. The van der Waals surface area contributed by atoms with Crippen LogP contribution in [-0.4, -0.2) is 44.1 Å². The summed E-state index contributed by atoms with van der Waals surface area (Å²) in [6.45, 7) is 1.58. The Hall–Kier alpha value is -3.09. The van der Waals surface area contributed by atoms with Crippen LogP contribution in [0.15, 0.2) is 43.1 Å². The van der Waals surface area contributed by atoms with E-state index in [0.29, 0.717) is 6.61 Å². The van der Waals surface area contributed by atoms with Crippen LogP contribution in [0.3, 0.4) is 0 Å². The monoisotopic (exact) mass is 334 g/mol. The van der Waals surface area contributed by atoms with Gasteiger partial charge in [-0.1, -0.05) is 6.07 Å². The van der Waals surface area contributed by atoms with Crippen molar-refractivity contribution >= 4 is 27.9 Å². The number of rotatable bonds is 4. The third-order valence-electron chi connectivity index (χ3n) is 4.83. The lowest BCUT2D eigenvalue weighted by Crippen LogP contribution is -2.35. The third kappa shape index (κ3) is 2.39. The average molecular weight is 334 g/mol. The standard InChI is InChI=1S/C18H18N6O/c1-4-14-13(6-7-19-14)15(5-1)25-9-12-3-2-8-24(12)18-16-17(21-10-20-16)22-11-23-18/h1,4-7,10-12,19H,2-3,8-9H2,(H,20,21,22,23). The van der Waals surface area contributed by atoms with Crippen molar-refractivity contribution in [1.82, 2.24) is 24.9 Å². The molecular formula is C18H18N6O. The Morgan fingerprint density at radius 1 is 1.16 bits per heavy atom. The zero-order valence-corrected chi connectivity index (χ0v) is 13.6. The van der Waals surface area contributed by atoms with E-state index in [4.69, 9.17) is 4.74 Å². The molecule has 2 N–H and O–H groups in total. The van der Waals surface area contributed by atoms with Gasteiger partial charge in [0.1, 0.15) is 24.2 Å². The molecule has 5 rings (SSSR count). The first-order valence-electron chi connectivity index (χ1n) is 8.50. The molecule has 7 heteroatoms. The van der Waals surface area contributed by atoms with Gasteiger partial charge in [-0.25, -0.2) is 15.0 Å². The topological polar surface area (TPSA) is 82.7 Å². The Balaban J connectivity index is 1.40. The molecule has 0 saturated carbocycles. The van der Waals surface area contributed by atoms with Gasteiger partial charge >= 0.3 is 0 Å². The molecule has 4 heterocycles. The number of nitrogens with one attached hydrogen (secondary N) is 2. The van der Waals surface area contributed by atoms with Gasteiger partial charge in [0.2, 0.25) is 0 Å². The quantitative estimate of drug-likeness (QED) is 0.600. The minimum absolute atomic E-state index is 0.281. The fourth-order valence-corrected chi connectivity index (χ4v) is 3.62. The van der Waals surface area contributed by atoms with Crippen LogP contribution < -0.4 is 9.64 Å². The number of anilines is 1. The maximum absolute atomic E-state index is 6.17. The fraction of sp³-hybridized carbons (Fsp3) is 0.278. The van der Waals surface area contributed by atoms with Gasteiger partial charge in [-0.3, -0.25) is 0 Å². The maximum atomic E-state index is 6.17. The van der Waals surface area contributed by atoms with Crippen molar-refractivity contribution in [2.75, 3.05) is 18.1 Å². The second-order valence-electron chi connectivity index (χ2n) is 6.29. The van der Waals surface area contributed by atoms with Gasteiger partial charge in [0, 0.05) is 23.6 Å². The second-order valence-corrected chi connectivity index (χ2v) is 6.29. The fourth-order valence-electron chi connectivity index (χ4n) is 3.62. The third-order valence-corrected chi connectivity index (χ3v) is 4.83. The number of imidazole rings is 1. The van der Waals surface area contributed by atoms with Crippen molar-refractivity contribution in [2.24, 2.45) is 0 Å². The molecule has 1 unspecified atom stereocenters. The van der Waals surface area contributed by atoms with Gasteiger partial charge in [-0.15, -0.1) is 0 Å². The zero-order chi connectivity index (χ0) is 16.6. The first-order chi connectivity index (χ1) is 12.4. The van der Waals surface area contributed by atoms with E-state index in [9.17, 15) is 0 Å². The SMILES string of the molecule is c1cc(OCC2CCCN2c2ncnc3[nH]cnc23)c2cc[nH]c2c1. The van der Waals surface area contributed by atoms with E-state index in [1.807, 2.05) is 18.3 Å². The molecule has 3 aromatic heterocycles. The Morgan fingerprint density at radius 3 is 3.16 bits per heavy atom. The van der Waals surface area contributed by atoms with E-state index in [-0.39, 0.29) is 6.04 Å². The van der Waals surface area contributed by atoms with Gasteiger partial charge in [0.05, 0.1) is 12.4 Å². The van der Waals surface area contributed by atoms with E-state index in [1.165, 1.54) is 0 Å². The van der Waals surface area contributed by atoms with Gasteiger partial charge in [-0.05, 0) is 31.0 Å². The lowest BCUT2D eigenvalue weighted by Gasteiger charge is -2.25. The molecular weight excluding hydrogens is 316 g/mol. The summed E-state index contributed by atoms with van der Waals surface area (Å²) in [6.07, 6.45) is 7.40. The smallest absolute Gasteiger partial charge is 0.162 e. The van der Waals surface area contributed by atoms with Crippen molar-refractivity contribution in [3.05, 3.63) is 43.1 Å². The number of fused-ring (bicyclic) bond motifs is 2. The van der Waals surface area contributed by atoms with Crippen LogP contribution in [0.25, 0.3) is 22.1 Å². The summed E-state index contributed by atoms with van der Waals surface area (Å²) in [5, 5.41) is 1.11. The van der Waals surface area contributed by atoms with E-state index < -0.39 is 0 Å². The first-order valence-corrected chi connectivity index (χ1v) is 8.50. The molecule has 0 aliphatic carbocycles. The van der Waals surface area contributed by atoms with Crippen LogP contribution in [0.1, 0.15) is 12.8 Å². The average Bonchev–Trinajstić information content (AvgIpc) is 3.38. The summed E-state index contributed by atoms with van der Waals surface area (Å²) in [5.74, 6) is 1.80. The lowest BCUT2D eigenvalue weighted by molar-refractivity contribution is 0.291. The molecule has 126 valence electrons. The summed E-state index contributed by atoms with van der Waals surface area (Å²) in [4.78, 5) is 21.7. The highest BCUT2D eigenvalue weighted by molar-refractivity contribution is 5.85. The minimum Gasteiger partial charge on any atom is -0.491 e. The summed E-state index contributed by atoms with van der Waals surface area (Å²) < 4.78 is 6.17. The summed E-state index contributed by atoms with van der Waals surface area (Å²) in [5.41, 5.74) is 2.69. The van der Waals surface area contributed by atoms with Gasteiger partial charge in [-0.2, -0.15) is 0 Å². The molecule has 0 radical (unpaired) electrons. The number of hydrogen-bond donors (Lipinski definition) is 2. The molecule has 1 saturated heterocycles. The molecule has 0 amide bonds. The number of hydrogen-bond acceptors (Lipinski definition) is 5. The van der Waals surface area contributed by atoms with Crippen LogP contribution >= 0.6 is 0 Å². The largest absolute Gasteiger partial charge is 0.491 e. The van der Waals surface area contributed by atoms with Gasteiger partial charge in [0.25, 0.3) is 0 Å². The van der Waals surface area contributed by atoms with E-state index in [1.54, 1.807) is 12.7 Å². The predicted molar refractivity (Wildman–Crippen MR) is 95.8 cm³/mol. The molecule has 25 heavy (non-hydrogen) atoms. The van der Waals surface area contributed by atoms with Crippen molar-refractivity contribution in [1.29, 1.82) is 0 Å². The maximum Gasteiger partial charge on any atom is 0.162 e. The normalized spacial score (nSPS) is 17.6. The molecule has 7 nitrogen and oxygen atoms in total. The van der Waals surface area contributed by atoms with Crippen molar-refractivity contribution in [3.8, 4) is 5.75 Å². The van der Waals surface area contributed by atoms with Crippen molar-refractivity contribution in [3.63, 3.8) is 0 Å². The number of ether oxygens (including phenoxy) is 1. The van der Waals surface area contributed by atoms with Crippen molar-refractivity contribution < 1.29 is 4.74 Å². The molecule has 1 aromatic carbocycles. The number of aromatic nitrogens is 5. The van der Waals surface area contributed by atoms with Crippen molar-refractivity contribution in [2.45, 2.75) is 18.9 Å². The Labute approximate surface area is 144 Å². The number of aromatic amines is 2. The molecule has 4 aromatic rings. The molecule has 0 bridgehead atoms. The number of benzene rings is 1. The highest BCUT2D eigenvalue weighted by Crippen LogP contribution is 2.30. The molecule has 0 spiro atoms. The van der Waals surface area contributed by atoms with E-state index in [0.717, 1.165) is 53.0 Å². The molecule has 1 atom stereocenters. The van der Waals surface area contributed by atoms with Crippen LogP contribution in [-0.2, 0) is 0 Å². The van der Waals surface area contributed by atoms with Gasteiger partial charge < -0.3 is 19.6 Å². The van der Waals surface area contributed by atoms with Crippen LogP contribution in [0.2, 0.25) is 0 Å². The summed E-state index contributed by atoms with van der Waals surface area (Å²) in [7, 11) is 0. The second kappa shape index (κ2) is 5.77. The highest BCUT2D eigenvalue weighted by Gasteiger charge is 2.28. The predicted octanol–water partition coefficient (Wildman–Crippen LogP) is 2.88. The van der Waals surface area contributed by atoms with Gasteiger partial charge in [0.15, 0.2) is 11.5 Å². The zero-order valence-electron chi connectivity index (χ0n) is 13.6. The molecule has 1 aliphatic rings. The first kappa shape index (κ1) is 14.3. The Morgan fingerprint density at radius 2 is 2.16 bits per heavy atom.